The Bertz CT molecular complexity index is 1100. The van der Waals surface area contributed by atoms with Gasteiger partial charge in [-0.05, 0) is 39.8 Å². The molecule has 1 unspecified atom stereocenters. The van der Waals surface area contributed by atoms with Crippen molar-refractivity contribution < 1.29 is 13.5 Å². The smallest absolute Gasteiger partial charge is 0.222 e. The Hall–Kier alpha value is -2.31. The van der Waals surface area contributed by atoms with Crippen LogP contribution in [0.25, 0.3) is 0 Å². The monoisotopic (exact) mass is 483 g/mol. The maximum atomic E-state index is 14.0. The largest absolute Gasteiger partial charge is 0.475 e. The van der Waals surface area contributed by atoms with E-state index in [0.29, 0.717) is 0 Å². The van der Waals surface area contributed by atoms with E-state index >= 15 is 0 Å². The number of halogens is 2. The highest BCUT2D eigenvalue weighted by Crippen LogP contribution is 2.32. The van der Waals surface area contributed by atoms with Crippen LogP contribution in [-0.4, -0.2) is 12.5 Å². The number of rotatable bonds is 7. The molecule has 0 aliphatic carbocycles. The lowest BCUT2D eigenvalue weighted by atomic mass is 9.87. The Balaban J connectivity index is 1.29. The summed E-state index contributed by atoms with van der Waals surface area (Å²) in [6.07, 6.45) is 0. The van der Waals surface area contributed by atoms with Gasteiger partial charge in [-0.3, -0.25) is 0 Å². The molecule has 0 aromatic heterocycles. The van der Waals surface area contributed by atoms with Crippen molar-refractivity contribution in [2.24, 2.45) is 4.99 Å². The molecule has 0 N–H and O–H groups in total. The lowest BCUT2D eigenvalue weighted by Crippen LogP contribution is -2.10. The van der Waals surface area contributed by atoms with E-state index in [1.54, 1.807) is 0 Å². The Morgan fingerprint density at radius 3 is 1.94 bits per heavy atom. The second kappa shape index (κ2) is 10.3. The predicted molar refractivity (Wildman–Crippen MR) is 136 cm³/mol. The maximum absolute atomic E-state index is 14.0. The standard InChI is InChI=1S/C27H27F2NOS2/c1-27(2,3)21-13-9-19(10-14-21)17-33-32-16-18-7-11-20(12-8-18)24-15-31-26(30-24)25-22(28)5-4-6-23(25)29/h4-14,24H,15-17H2,1-3H3. The molecule has 0 saturated heterocycles. The SMILES string of the molecule is CC(C)(C)c1ccc(CSSCc2ccc(C3COC(c4c(F)cccc4F)=N3)cc2)cc1. The van der Waals surface area contributed by atoms with E-state index in [9.17, 15) is 8.78 Å². The van der Waals surface area contributed by atoms with Crippen LogP contribution in [0.3, 0.4) is 0 Å². The molecular formula is C27H27F2NOS2. The van der Waals surface area contributed by atoms with E-state index in [0.717, 1.165) is 17.1 Å². The van der Waals surface area contributed by atoms with Gasteiger partial charge in [-0.2, -0.15) is 0 Å². The summed E-state index contributed by atoms with van der Waals surface area (Å²) in [6, 6.07) is 20.6. The van der Waals surface area contributed by atoms with Gasteiger partial charge >= 0.3 is 0 Å². The van der Waals surface area contributed by atoms with Crippen LogP contribution < -0.4 is 0 Å². The van der Waals surface area contributed by atoms with Crippen LogP contribution in [0.4, 0.5) is 8.78 Å². The van der Waals surface area contributed by atoms with Crippen LogP contribution >= 0.6 is 21.6 Å². The van der Waals surface area contributed by atoms with E-state index in [1.165, 1.54) is 34.9 Å². The van der Waals surface area contributed by atoms with Crippen molar-refractivity contribution in [1.82, 2.24) is 0 Å². The van der Waals surface area contributed by atoms with Crippen molar-refractivity contribution in [3.63, 3.8) is 0 Å². The van der Waals surface area contributed by atoms with Gasteiger partial charge in [0.1, 0.15) is 29.8 Å². The number of aliphatic imine (C=N–C) groups is 1. The topological polar surface area (TPSA) is 21.6 Å². The fraction of sp³-hybridized carbons (Fsp3) is 0.296. The first-order valence-electron chi connectivity index (χ1n) is 10.9. The van der Waals surface area contributed by atoms with Crippen molar-refractivity contribution in [3.8, 4) is 0 Å². The molecule has 0 bridgehead atoms. The van der Waals surface area contributed by atoms with Crippen molar-refractivity contribution in [1.29, 1.82) is 0 Å². The minimum absolute atomic E-state index is 0.0298. The highest BCUT2D eigenvalue weighted by atomic mass is 33.1. The molecule has 3 aromatic carbocycles. The average Bonchev–Trinajstić information content (AvgIpc) is 3.26. The zero-order valence-corrected chi connectivity index (χ0v) is 20.6. The third-order valence-corrected chi connectivity index (χ3v) is 7.82. The molecule has 4 rings (SSSR count). The van der Waals surface area contributed by atoms with Gasteiger partial charge in [0.2, 0.25) is 5.90 Å². The molecule has 33 heavy (non-hydrogen) atoms. The van der Waals surface area contributed by atoms with Crippen molar-refractivity contribution in [3.05, 3.63) is 106 Å². The lowest BCUT2D eigenvalue weighted by molar-refractivity contribution is 0.317. The number of hydrogen-bond acceptors (Lipinski definition) is 4. The minimum atomic E-state index is -0.663. The molecule has 172 valence electrons. The van der Waals surface area contributed by atoms with E-state index in [-0.39, 0.29) is 29.5 Å². The molecule has 0 radical (unpaired) electrons. The molecule has 1 atom stereocenters. The Morgan fingerprint density at radius 1 is 0.848 bits per heavy atom. The zero-order chi connectivity index (χ0) is 23.4. The molecule has 0 spiro atoms. The van der Waals surface area contributed by atoms with Gasteiger partial charge in [0.15, 0.2) is 0 Å². The predicted octanol–water partition coefficient (Wildman–Crippen LogP) is 7.86. The molecule has 1 heterocycles. The molecule has 2 nitrogen and oxygen atoms in total. The molecular weight excluding hydrogens is 456 g/mol. The first kappa shape index (κ1) is 23.8. The Kier molecular flexibility index (Phi) is 7.45. The molecule has 0 amide bonds. The first-order valence-corrected chi connectivity index (χ1v) is 13.4. The van der Waals surface area contributed by atoms with Gasteiger partial charge < -0.3 is 4.74 Å². The summed E-state index contributed by atoms with van der Waals surface area (Å²) in [5.74, 6) is 0.577. The highest BCUT2D eigenvalue weighted by molar-refractivity contribution is 8.76. The van der Waals surface area contributed by atoms with E-state index in [2.05, 4.69) is 62.2 Å². The molecule has 6 heteroatoms. The second-order valence-corrected chi connectivity index (χ2v) is 11.5. The third kappa shape index (κ3) is 5.98. The highest BCUT2D eigenvalue weighted by Gasteiger charge is 2.26. The normalized spacial score (nSPS) is 15.9. The minimum Gasteiger partial charge on any atom is -0.475 e. The van der Waals surface area contributed by atoms with Crippen LogP contribution in [0.15, 0.2) is 71.7 Å². The number of nitrogens with zero attached hydrogens (tertiary/aromatic N) is 1. The molecule has 1 aliphatic rings. The fourth-order valence-corrected chi connectivity index (χ4v) is 5.68. The molecule has 0 fully saturated rings. The molecule has 1 aliphatic heterocycles. The van der Waals surface area contributed by atoms with Crippen LogP contribution in [0, 0.1) is 11.6 Å². The van der Waals surface area contributed by atoms with Gasteiger partial charge in [0.25, 0.3) is 0 Å². The quantitative estimate of drug-likeness (QED) is 0.252. The van der Waals surface area contributed by atoms with E-state index in [4.69, 9.17) is 4.74 Å². The third-order valence-electron chi connectivity index (χ3n) is 5.55. The van der Waals surface area contributed by atoms with E-state index in [1.807, 2.05) is 33.7 Å². The molecule has 3 aromatic rings. The molecule has 0 saturated carbocycles. The lowest BCUT2D eigenvalue weighted by Gasteiger charge is -2.19. The summed E-state index contributed by atoms with van der Waals surface area (Å²) in [5, 5.41) is 0. The van der Waals surface area contributed by atoms with E-state index < -0.39 is 11.6 Å². The fourth-order valence-electron chi connectivity index (χ4n) is 3.54. The van der Waals surface area contributed by atoms with Crippen molar-refractivity contribution in [2.45, 2.75) is 43.7 Å². The summed E-state index contributed by atoms with van der Waals surface area (Å²) in [5.41, 5.74) is 4.87. The van der Waals surface area contributed by atoms with Crippen LogP contribution in [0.2, 0.25) is 0 Å². The summed E-state index contributed by atoms with van der Waals surface area (Å²) < 4.78 is 33.5. The summed E-state index contributed by atoms with van der Waals surface area (Å²) in [6.45, 7) is 6.96. The van der Waals surface area contributed by atoms with Gasteiger partial charge in [-0.1, -0.05) is 97.0 Å². The van der Waals surface area contributed by atoms with Crippen molar-refractivity contribution in [2.75, 3.05) is 6.61 Å². The average molecular weight is 484 g/mol. The van der Waals surface area contributed by atoms with Crippen LogP contribution in [-0.2, 0) is 21.7 Å². The summed E-state index contributed by atoms with van der Waals surface area (Å²) in [4.78, 5) is 4.42. The first-order chi connectivity index (χ1) is 15.8. The van der Waals surface area contributed by atoms with Gasteiger partial charge in [0, 0.05) is 11.5 Å². The van der Waals surface area contributed by atoms with Gasteiger partial charge in [-0.25, -0.2) is 13.8 Å². The number of hydrogen-bond donors (Lipinski definition) is 0. The van der Waals surface area contributed by atoms with Crippen molar-refractivity contribution >= 4 is 27.5 Å². The van der Waals surface area contributed by atoms with Crippen LogP contribution in [0.1, 0.15) is 54.6 Å². The van der Waals surface area contributed by atoms with Crippen LogP contribution in [0.5, 0.6) is 0 Å². The maximum Gasteiger partial charge on any atom is 0.222 e. The summed E-state index contributed by atoms with van der Waals surface area (Å²) in [7, 11) is 3.68. The number of ether oxygens (including phenoxy) is 1. The van der Waals surface area contributed by atoms with Gasteiger partial charge in [-0.15, -0.1) is 0 Å². The Morgan fingerprint density at radius 2 is 1.39 bits per heavy atom. The zero-order valence-electron chi connectivity index (χ0n) is 19.0. The number of benzene rings is 3. The Labute approximate surface area is 202 Å². The summed E-state index contributed by atoms with van der Waals surface area (Å²) >= 11 is 0. The van der Waals surface area contributed by atoms with Gasteiger partial charge in [0.05, 0.1) is 0 Å². The second-order valence-electron chi connectivity index (χ2n) is 9.07.